The average Bonchev–Trinajstić information content (AvgIpc) is 2.41. The maximum absolute atomic E-state index is 9.62. The van der Waals surface area contributed by atoms with Gasteiger partial charge in [0.1, 0.15) is 0 Å². The molecule has 0 heterocycles. The normalized spacial score (nSPS) is 15.9. The van der Waals surface area contributed by atoms with Gasteiger partial charge in [0.2, 0.25) is 0 Å². The van der Waals surface area contributed by atoms with Crippen LogP contribution >= 0.6 is 11.8 Å². The quantitative estimate of drug-likeness (QED) is 0.764. The molecule has 1 rings (SSSR count). The van der Waals surface area contributed by atoms with Gasteiger partial charge in [0.15, 0.2) is 0 Å². The number of hydrogen-bond acceptors (Lipinski definition) is 3. The minimum absolute atomic E-state index is 0.258. The molecular weight excluding hydrogens is 266 g/mol. The van der Waals surface area contributed by atoms with E-state index >= 15 is 0 Å². The summed E-state index contributed by atoms with van der Waals surface area (Å²) in [5.41, 5.74) is 4.04. The summed E-state index contributed by atoms with van der Waals surface area (Å²) in [5.74, 6) is 0.995. The van der Waals surface area contributed by atoms with Gasteiger partial charge in [-0.15, -0.1) is 0 Å². The Kier molecular flexibility index (Phi) is 7.63. The van der Waals surface area contributed by atoms with Gasteiger partial charge in [-0.2, -0.15) is 11.8 Å². The van der Waals surface area contributed by atoms with Gasteiger partial charge < -0.3 is 10.4 Å². The molecule has 0 amide bonds. The van der Waals surface area contributed by atoms with Gasteiger partial charge in [0, 0.05) is 17.0 Å². The Hall–Kier alpha value is -0.510. The number of aryl methyl sites for hydroxylation is 2. The van der Waals surface area contributed by atoms with E-state index in [1.165, 1.54) is 16.7 Å². The van der Waals surface area contributed by atoms with Crippen LogP contribution in [0.3, 0.4) is 0 Å². The SMILES string of the molecule is CCCNC(CSC(C)C(C)O)c1ccc(C)c(C)c1. The average molecular weight is 295 g/mol. The van der Waals surface area contributed by atoms with Crippen LogP contribution in [0.4, 0.5) is 0 Å². The molecule has 0 spiro atoms. The monoisotopic (exact) mass is 295 g/mol. The summed E-state index contributed by atoms with van der Waals surface area (Å²) in [4.78, 5) is 0. The predicted molar refractivity (Wildman–Crippen MR) is 90.6 cm³/mol. The highest BCUT2D eigenvalue weighted by Crippen LogP contribution is 2.24. The second kappa shape index (κ2) is 8.71. The molecule has 1 aromatic rings. The lowest BCUT2D eigenvalue weighted by atomic mass is 10.0. The van der Waals surface area contributed by atoms with E-state index < -0.39 is 0 Å². The van der Waals surface area contributed by atoms with E-state index in [1.54, 1.807) is 0 Å². The molecule has 3 unspecified atom stereocenters. The lowest BCUT2D eigenvalue weighted by Crippen LogP contribution is -2.26. The van der Waals surface area contributed by atoms with Gasteiger partial charge >= 0.3 is 0 Å². The van der Waals surface area contributed by atoms with Gasteiger partial charge in [-0.25, -0.2) is 0 Å². The maximum atomic E-state index is 9.62. The first kappa shape index (κ1) is 17.5. The zero-order valence-corrected chi connectivity index (χ0v) is 14.3. The predicted octanol–water partition coefficient (Wildman–Crippen LogP) is 3.85. The molecule has 0 saturated heterocycles. The minimum atomic E-state index is -0.258. The Labute approximate surface area is 128 Å². The Balaban J connectivity index is 2.74. The lowest BCUT2D eigenvalue weighted by Gasteiger charge is -2.22. The highest BCUT2D eigenvalue weighted by atomic mass is 32.2. The Morgan fingerprint density at radius 2 is 1.90 bits per heavy atom. The standard InChI is InChI=1S/C17H29NOS/c1-6-9-18-17(11-20-15(5)14(4)19)16-8-7-12(2)13(3)10-16/h7-8,10,14-15,17-19H,6,9,11H2,1-5H3. The van der Waals surface area contributed by atoms with Gasteiger partial charge in [-0.05, 0) is 50.4 Å². The first-order valence-corrected chi connectivity index (χ1v) is 8.60. The van der Waals surface area contributed by atoms with Crippen molar-refractivity contribution in [1.29, 1.82) is 0 Å². The van der Waals surface area contributed by atoms with Gasteiger partial charge in [-0.3, -0.25) is 0 Å². The second-order valence-electron chi connectivity index (χ2n) is 5.63. The van der Waals surface area contributed by atoms with Crippen molar-refractivity contribution in [2.45, 2.75) is 58.4 Å². The van der Waals surface area contributed by atoms with Crippen molar-refractivity contribution in [2.75, 3.05) is 12.3 Å². The zero-order chi connectivity index (χ0) is 15.1. The van der Waals surface area contributed by atoms with Crippen molar-refractivity contribution in [3.63, 3.8) is 0 Å². The lowest BCUT2D eigenvalue weighted by molar-refractivity contribution is 0.196. The molecule has 0 aliphatic rings. The van der Waals surface area contributed by atoms with Crippen LogP contribution in [0.2, 0.25) is 0 Å². The molecule has 2 N–H and O–H groups in total. The summed E-state index contributed by atoms with van der Waals surface area (Å²) in [5, 5.41) is 13.5. The van der Waals surface area contributed by atoms with Crippen molar-refractivity contribution in [2.24, 2.45) is 0 Å². The molecule has 3 atom stereocenters. The van der Waals surface area contributed by atoms with Crippen LogP contribution in [0.1, 0.15) is 49.9 Å². The van der Waals surface area contributed by atoms with Crippen LogP contribution in [0.5, 0.6) is 0 Å². The highest BCUT2D eigenvalue weighted by molar-refractivity contribution is 7.99. The largest absolute Gasteiger partial charge is 0.392 e. The zero-order valence-electron chi connectivity index (χ0n) is 13.4. The summed E-state index contributed by atoms with van der Waals surface area (Å²) in [7, 11) is 0. The van der Waals surface area contributed by atoms with Crippen molar-refractivity contribution < 1.29 is 5.11 Å². The maximum Gasteiger partial charge on any atom is 0.0628 e. The van der Waals surface area contributed by atoms with Gasteiger partial charge in [0.05, 0.1) is 6.10 Å². The second-order valence-corrected chi connectivity index (χ2v) is 7.04. The van der Waals surface area contributed by atoms with E-state index in [9.17, 15) is 5.11 Å². The van der Waals surface area contributed by atoms with E-state index in [1.807, 2.05) is 18.7 Å². The number of nitrogens with one attached hydrogen (secondary N) is 1. The smallest absolute Gasteiger partial charge is 0.0628 e. The molecule has 0 bridgehead atoms. The summed E-state index contributed by atoms with van der Waals surface area (Å²) in [6, 6.07) is 7.08. The summed E-state index contributed by atoms with van der Waals surface area (Å²) in [6.07, 6.45) is 0.879. The van der Waals surface area contributed by atoms with Crippen molar-refractivity contribution in [1.82, 2.24) is 5.32 Å². The number of benzene rings is 1. The molecular formula is C17H29NOS. The number of hydrogen-bond donors (Lipinski definition) is 2. The minimum Gasteiger partial charge on any atom is -0.392 e. The fraction of sp³-hybridized carbons (Fsp3) is 0.647. The fourth-order valence-corrected chi connectivity index (χ4v) is 3.05. The van der Waals surface area contributed by atoms with E-state index in [4.69, 9.17) is 0 Å². The van der Waals surface area contributed by atoms with Gasteiger partial charge in [-0.1, -0.05) is 32.0 Å². The molecule has 0 saturated carbocycles. The molecule has 0 aliphatic carbocycles. The first-order chi connectivity index (χ1) is 9.45. The van der Waals surface area contributed by atoms with E-state index in [2.05, 4.69) is 51.2 Å². The first-order valence-electron chi connectivity index (χ1n) is 7.55. The molecule has 0 fully saturated rings. The molecule has 0 aliphatic heterocycles. The number of aliphatic hydroxyl groups is 1. The summed E-state index contributed by atoms with van der Waals surface area (Å²) >= 11 is 1.84. The van der Waals surface area contributed by atoms with Crippen LogP contribution < -0.4 is 5.32 Å². The highest BCUT2D eigenvalue weighted by Gasteiger charge is 2.15. The van der Waals surface area contributed by atoms with E-state index in [0.717, 1.165) is 18.7 Å². The topological polar surface area (TPSA) is 32.3 Å². The van der Waals surface area contributed by atoms with Crippen LogP contribution in [0, 0.1) is 13.8 Å². The number of thioether (sulfide) groups is 1. The number of aliphatic hydroxyl groups excluding tert-OH is 1. The molecule has 20 heavy (non-hydrogen) atoms. The van der Waals surface area contributed by atoms with Crippen LogP contribution in [-0.2, 0) is 0 Å². The third-order valence-electron chi connectivity index (χ3n) is 3.78. The van der Waals surface area contributed by atoms with Crippen LogP contribution in [0.25, 0.3) is 0 Å². The number of rotatable bonds is 8. The Bertz CT molecular complexity index is 406. The van der Waals surface area contributed by atoms with Gasteiger partial charge in [0.25, 0.3) is 0 Å². The fourth-order valence-electron chi connectivity index (χ4n) is 1.96. The molecule has 0 radical (unpaired) electrons. The molecule has 114 valence electrons. The third-order valence-corrected chi connectivity index (χ3v) is 5.22. The van der Waals surface area contributed by atoms with Crippen molar-refractivity contribution >= 4 is 11.8 Å². The molecule has 0 aromatic heterocycles. The van der Waals surface area contributed by atoms with E-state index in [-0.39, 0.29) is 11.4 Å². The molecule has 1 aromatic carbocycles. The molecule has 2 nitrogen and oxygen atoms in total. The Morgan fingerprint density at radius 3 is 2.45 bits per heavy atom. The third kappa shape index (κ3) is 5.47. The Morgan fingerprint density at radius 1 is 1.20 bits per heavy atom. The van der Waals surface area contributed by atoms with Crippen LogP contribution in [0.15, 0.2) is 18.2 Å². The summed E-state index contributed by atoms with van der Waals surface area (Å²) < 4.78 is 0. The van der Waals surface area contributed by atoms with E-state index in [0.29, 0.717) is 6.04 Å². The van der Waals surface area contributed by atoms with Crippen molar-refractivity contribution in [3.05, 3.63) is 34.9 Å². The van der Waals surface area contributed by atoms with Crippen LogP contribution in [-0.4, -0.2) is 28.8 Å². The summed E-state index contributed by atoms with van der Waals surface area (Å²) in [6.45, 7) is 11.5. The van der Waals surface area contributed by atoms with Crippen molar-refractivity contribution in [3.8, 4) is 0 Å². The molecule has 3 heteroatoms.